The molecule has 3 rings (SSSR count). The summed E-state index contributed by atoms with van der Waals surface area (Å²) >= 11 is 0. The van der Waals surface area contributed by atoms with Gasteiger partial charge in [-0.2, -0.15) is 0 Å². The van der Waals surface area contributed by atoms with Crippen LogP contribution in [0, 0.1) is 12.8 Å². The Bertz CT molecular complexity index is 700. The van der Waals surface area contributed by atoms with Crippen molar-refractivity contribution in [1.82, 2.24) is 5.32 Å². The Kier molecular flexibility index (Phi) is 6.42. The van der Waals surface area contributed by atoms with Crippen LogP contribution in [0.25, 0.3) is 0 Å². The van der Waals surface area contributed by atoms with Gasteiger partial charge in [0.15, 0.2) is 0 Å². The molecule has 3 N–H and O–H groups in total. The first-order chi connectivity index (χ1) is 12.6. The molecule has 0 aliphatic carbocycles. The summed E-state index contributed by atoms with van der Waals surface area (Å²) in [6.45, 7) is 3.49. The summed E-state index contributed by atoms with van der Waals surface area (Å²) in [4.78, 5) is 12.3. The highest BCUT2D eigenvalue weighted by Gasteiger charge is 2.27. The van der Waals surface area contributed by atoms with Gasteiger partial charge in [-0.25, -0.2) is 0 Å². The van der Waals surface area contributed by atoms with E-state index in [-0.39, 0.29) is 18.1 Å². The van der Waals surface area contributed by atoms with Gasteiger partial charge in [0.25, 0.3) is 0 Å². The summed E-state index contributed by atoms with van der Waals surface area (Å²) in [6.07, 6.45) is 2.44. The van der Waals surface area contributed by atoms with E-state index < -0.39 is 0 Å². The minimum atomic E-state index is -0.272. The van der Waals surface area contributed by atoms with Crippen molar-refractivity contribution in [2.75, 3.05) is 13.2 Å². The number of ether oxygens (including phenoxy) is 1. The van der Waals surface area contributed by atoms with Crippen molar-refractivity contribution in [2.45, 2.75) is 38.3 Å². The fourth-order valence-corrected chi connectivity index (χ4v) is 3.51. The van der Waals surface area contributed by atoms with Crippen molar-refractivity contribution in [3.05, 3.63) is 71.3 Å². The van der Waals surface area contributed by atoms with Gasteiger partial charge in [-0.05, 0) is 30.9 Å². The normalized spacial score (nSPS) is 21.2. The van der Waals surface area contributed by atoms with Gasteiger partial charge >= 0.3 is 0 Å². The molecule has 1 fully saturated rings. The van der Waals surface area contributed by atoms with Crippen molar-refractivity contribution in [2.24, 2.45) is 11.7 Å². The quantitative estimate of drug-likeness (QED) is 0.834. The highest BCUT2D eigenvalue weighted by molar-refractivity contribution is 5.76. The highest BCUT2D eigenvalue weighted by Crippen LogP contribution is 2.33. The van der Waals surface area contributed by atoms with Crippen LogP contribution in [-0.4, -0.2) is 19.1 Å². The molecule has 0 bridgehead atoms. The maximum absolute atomic E-state index is 12.3. The van der Waals surface area contributed by atoms with Gasteiger partial charge in [0, 0.05) is 31.5 Å². The van der Waals surface area contributed by atoms with Crippen molar-refractivity contribution in [3.63, 3.8) is 0 Å². The zero-order valence-corrected chi connectivity index (χ0v) is 15.4. The minimum Gasteiger partial charge on any atom is -0.373 e. The monoisotopic (exact) mass is 352 g/mol. The van der Waals surface area contributed by atoms with E-state index in [1.54, 1.807) is 0 Å². The molecule has 1 heterocycles. The molecule has 1 amide bonds. The number of aryl methyl sites for hydroxylation is 1. The fraction of sp³-hybridized carbons (Fsp3) is 0.409. The van der Waals surface area contributed by atoms with Gasteiger partial charge in [-0.15, -0.1) is 0 Å². The van der Waals surface area contributed by atoms with Gasteiger partial charge in [-0.1, -0.05) is 60.2 Å². The van der Waals surface area contributed by atoms with E-state index in [1.165, 1.54) is 11.1 Å². The molecule has 1 saturated heterocycles. The number of rotatable bonds is 6. The molecule has 3 atom stereocenters. The molecule has 138 valence electrons. The third-order valence-electron chi connectivity index (χ3n) is 5.05. The van der Waals surface area contributed by atoms with E-state index in [4.69, 9.17) is 10.5 Å². The first-order valence-corrected chi connectivity index (χ1v) is 9.39. The van der Waals surface area contributed by atoms with Crippen molar-refractivity contribution in [1.29, 1.82) is 0 Å². The van der Waals surface area contributed by atoms with Gasteiger partial charge in [0.05, 0.1) is 6.10 Å². The van der Waals surface area contributed by atoms with Crippen molar-refractivity contribution in [3.8, 4) is 0 Å². The van der Waals surface area contributed by atoms with Gasteiger partial charge < -0.3 is 15.8 Å². The molecule has 4 nitrogen and oxygen atoms in total. The topological polar surface area (TPSA) is 64.3 Å². The van der Waals surface area contributed by atoms with Crippen LogP contribution >= 0.6 is 0 Å². The molecule has 0 aromatic heterocycles. The second-order valence-corrected chi connectivity index (χ2v) is 7.13. The van der Waals surface area contributed by atoms with Crippen LogP contribution in [0.4, 0.5) is 0 Å². The van der Waals surface area contributed by atoms with Gasteiger partial charge in [0.1, 0.15) is 0 Å². The molecular formula is C22H28N2O2. The SMILES string of the molecule is Cc1ccc(C2OCCCC2CNC(=O)CC(N)c2ccccc2)cc1. The molecule has 1 aliphatic rings. The predicted molar refractivity (Wildman–Crippen MR) is 104 cm³/mol. The first-order valence-electron chi connectivity index (χ1n) is 9.39. The third kappa shape index (κ3) is 4.93. The third-order valence-corrected chi connectivity index (χ3v) is 5.05. The lowest BCUT2D eigenvalue weighted by molar-refractivity contribution is -0.122. The lowest BCUT2D eigenvalue weighted by atomic mass is 9.89. The zero-order chi connectivity index (χ0) is 18.4. The van der Waals surface area contributed by atoms with Crippen LogP contribution in [-0.2, 0) is 9.53 Å². The van der Waals surface area contributed by atoms with Gasteiger partial charge in [0.2, 0.25) is 5.91 Å². The van der Waals surface area contributed by atoms with Crippen molar-refractivity contribution < 1.29 is 9.53 Å². The zero-order valence-electron chi connectivity index (χ0n) is 15.4. The van der Waals surface area contributed by atoms with Crippen LogP contribution in [0.2, 0.25) is 0 Å². The summed E-state index contributed by atoms with van der Waals surface area (Å²) in [7, 11) is 0. The number of benzene rings is 2. The highest BCUT2D eigenvalue weighted by atomic mass is 16.5. The molecule has 3 unspecified atom stereocenters. The number of hydrogen-bond donors (Lipinski definition) is 2. The maximum atomic E-state index is 12.3. The fourth-order valence-electron chi connectivity index (χ4n) is 3.51. The van der Waals surface area contributed by atoms with E-state index in [9.17, 15) is 4.79 Å². The molecular weight excluding hydrogens is 324 g/mol. The standard InChI is InChI=1S/C22H28N2O2/c1-16-9-11-18(12-10-16)22-19(8-5-13-26-22)15-24-21(25)14-20(23)17-6-3-2-4-7-17/h2-4,6-7,9-12,19-20,22H,5,8,13-15,23H2,1H3,(H,24,25). The van der Waals surface area contributed by atoms with E-state index in [2.05, 4.69) is 36.5 Å². The molecule has 0 radical (unpaired) electrons. The number of carbonyl (C=O) groups excluding carboxylic acids is 1. The molecule has 1 aliphatic heterocycles. The summed E-state index contributed by atoms with van der Waals surface area (Å²) in [5, 5.41) is 3.07. The second kappa shape index (κ2) is 8.97. The smallest absolute Gasteiger partial charge is 0.221 e. The van der Waals surface area contributed by atoms with E-state index in [1.807, 2.05) is 30.3 Å². The maximum Gasteiger partial charge on any atom is 0.221 e. The van der Waals surface area contributed by atoms with E-state index >= 15 is 0 Å². The lowest BCUT2D eigenvalue weighted by Gasteiger charge is -2.32. The molecule has 2 aromatic carbocycles. The molecule has 2 aromatic rings. The number of nitrogens with two attached hydrogens (primary N) is 1. The largest absolute Gasteiger partial charge is 0.373 e. The van der Waals surface area contributed by atoms with Crippen LogP contribution in [0.1, 0.15) is 48.1 Å². The van der Waals surface area contributed by atoms with Crippen LogP contribution in [0.5, 0.6) is 0 Å². The molecule has 26 heavy (non-hydrogen) atoms. The average Bonchev–Trinajstić information content (AvgIpc) is 2.68. The molecule has 0 saturated carbocycles. The van der Waals surface area contributed by atoms with Gasteiger partial charge in [-0.3, -0.25) is 4.79 Å². The Balaban J connectivity index is 1.55. The van der Waals surface area contributed by atoms with Crippen LogP contribution in [0.15, 0.2) is 54.6 Å². The predicted octanol–water partition coefficient (Wildman–Crippen LogP) is 3.67. The molecule has 0 spiro atoms. The Morgan fingerprint density at radius 2 is 1.92 bits per heavy atom. The Morgan fingerprint density at radius 3 is 2.65 bits per heavy atom. The summed E-state index contributed by atoms with van der Waals surface area (Å²) in [5.41, 5.74) is 9.57. The second-order valence-electron chi connectivity index (χ2n) is 7.13. The number of amides is 1. The Labute approximate surface area is 155 Å². The number of hydrogen-bond acceptors (Lipinski definition) is 3. The van der Waals surface area contributed by atoms with Crippen LogP contribution in [0.3, 0.4) is 0 Å². The lowest BCUT2D eigenvalue weighted by Crippen LogP contribution is -2.36. The summed E-state index contributed by atoms with van der Waals surface area (Å²) in [6, 6.07) is 18.0. The Morgan fingerprint density at radius 1 is 1.19 bits per heavy atom. The minimum absolute atomic E-state index is 0.00502. The van der Waals surface area contributed by atoms with E-state index in [0.717, 1.165) is 25.0 Å². The Hall–Kier alpha value is -2.17. The number of nitrogens with one attached hydrogen (secondary N) is 1. The number of carbonyl (C=O) groups is 1. The summed E-state index contributed by atoms with van der Waals surface area (Å²) in [5.74, 6) is 0.290. The van der Waals surface area contributed by atoms with Crippen LogP contribution < -0.4 is 11.1 Å². The summed E-state index contributed by atoms with van der Waals surface area (Å²) < 4.78 is 6.02. The van der Waals surface area contributed by atoms with E-state index in [0.29, 0.717) is 18.9 Å². The molecule has 4 heteroatoms. The first kappa shape index (κ1) is 18.6. The van der Waals surface area contributed by atoms with Crippen molar-refractivity contribution >= 4 is 5.91 Å². The average molecular weight is 352 g/mol.